The maximum atomic E-state index is 16.9. The Bertz CT molecular complexity index is 1870. The lowest BCUT2D eigenvalue weighted by Crippen LogP contribution is -2.52. The Kier molecular flexibility index (Phi) is 6.01. The zero-order chi connectivity index (χ0) is 29.4. The molecule has 43 heavy (non-hydrogen) atoms. The molecular formula is C33H29F2N7O. The molecule has 0 amide bonds. The third-order valence-corrected chi connectivity index (χ3v) is 9.72. The molecule has 4 saturated heterocycles. The maximum absolute atomic E-state index is 16.9. The molecule has 216 valence electrons. The molecule has 2 aromatic heterocycles. The van der Waals surface area contributed by atoms with Gasteiger partial charge in [-0.1, -0.05) is 12.0 Å². The van der Waals surface area contributed by atoms with Crippen molar-refractivity contribution in [1.29, 1.82) is 5.26 Å². The summed E-state index contributed by atoms with van der Waals surface area (Å²) in [6.45, 7) is 2.87. The predicted octanol–water partition coefficient (Wildman–Crippen LogP) is 4.63. The first-order chi connectivity index (χ1) is 20.9. The van der Waals surface area contributed by atoms with Crippen molar-refractivity contribution in [3.8, 4) is 29.7 Å². The molecule has 4 fully saturated rings. The fourth-order valence-corrected chi connectivity index (χ4v) is 7.50. The Hall–Kier alpha value is -4.38. The van der Waals surface area contributed by atoms with Gasteiger partial charge in [-0.15, -0.1) is 6.42 Å². The predicted molar refractivity (Wildman–Crippen MR) is 160 cm³/mol. The monoisotopic (exact) mass is 577 g/mol. The summed E-state index contributed by atoms with van der Waals surface area (Å²) in [7, 11) is 2.17. The molecule has 4 aliphatic heterocycles. The highest BCUT2D eigenvalue weighted by Gasteiger charge is 2.40. The molecule has 6 heterocycles. The normalized spacial score (nSPS) is 25.0. The standard InChI is InChI=1S/C33H29F2N7O/c1-3-24-27(34)9-4-19-10-18(12-36)11-25(28(19)24)30-29(35)31-26(13-37-30)32(41-16-22-7-8-23(17-41)43-22)39-33(38-31)42-14-20-5-6-21(15-42)40(20)2/h1,4,9-11,13,20-23H,5-8,14-17H2,2H3/t20?,21?,22-,23+. The second-order valence-corrected chi connectivity index (χ2v) is 12.1. The molecule has 8 rings (SSSR count). The lowest BCUT2D eigenvalue weighted by atomic mass is 9.94. The molecule has 0 saturated carbocycles. The number of ether oxygens (including phenoxy) is 1. The molecule has 2 unspecified atom stereocenters. The SMILES string of the molecule is C#Cc1c(F)ccc2cc(C#N)cc(-c3ncc4c(N5C[C@H]6CC[C@@H](C5)O6)nc(N5CC6CCC(C5)N6C)nc4c3F)c12. The molecule has 2 aromatic carbocycles. The largest absolute Gasteiger partial charge is 0.371 e. The van der Waals surface area contributed by atoms with Gasteiger partial charge in [0.1, 0.15) is 22.8 Å². The summed E-state index contributed by atoms with van der Waals surface area (Å²) in [5, 5.41) is 11.1. The van der Waals surface area contributed by atoms with Gasteiger partial charge in [0, 0.05) is 55.4 Å². The van der Waals surface area contributed by atoms with Crippen molar-refractivity contribution in [3.05, 3.63) is 53.2 Å². The minimum atomic E-state index is -0.653. The van der Waals surface area contributed by atoms with E-state index in [-0.39, 0.29) is 34.5 Å². The van der Waals surface area contributed by atoms with Crippen molar-refractivity contribution >= 4 is 33.4 Å². The molecule has 4 aromatic rings. The van der Waals surface area contributed by atoms with Crippen LogP contribution in [0.5, 0.6) is 0 Å². The summed E-state index contributed by atoms with van der Waals surface area (Å²) in [6.07, 6.45) is 11.8. The van der Waals surface area contributed by atoms with Gasteiger partial charge in [0.2, 0.25) is 5.95 Å². The molecule has 0 spiro atoms. The number of likely N-dealkylation sites (N-methyl/N-ethyl adjacent to an activating group) is 1. The van der Waals surface area contributed by atoms with Crippen molar-refractivity contribution in [1.82, 2.24) is 19.9 Å². The number of anilines is 2. The lowest BCUT2D eigenvalue weighted by Gasteiger charge is -2.39. The first-order valence-electron chi connectivity index (χ1n) is 14.8. The van der Waals surface area contributed by atoms with Crippen LogP contribution >= 0.6 is 0 Å². The highest BCUT2D eigenvalue weighted by atomic mass is 19.1. The number of pyridine rings is 1. The maximum Gasteiger partial charge on any atom is 0.228 e. The number of rotatable bonds is 3. The summed E-state index contributed by atoms with van der Waals surface area (Å²) in [5.74, 6) is 2.31. The number of halogens is 2. The molecule has 8 nitrogen and oxygen atoms in total. The second-order valence-electron chi connectivity index (χ2n) is 12.1. The van der Waals surface area contributed by atoms with Crippen LogP contribution in [0.25, 0.3) is 32.9 Å². The molecule has 4 atom stereocenters. The van der Waals surface area contributed by atoms with Gasteiger partial charge in [-0.2, -0.15) is 10.2 Å². The third-order valence-electron chi connectivity index (χ3n) is 9.72. The van der Waals surface area contributed by atoms with Crippen LogP contribution in [0.1, 0.15) is 36.8 Å². The Labute approximate surface area is 247 Å². The van der Waals surface area contributed by atoms with Gasteiger partial charge in [0.15, 0.2) is 5.82 Å². The fraction of sp³-hybridized carbons (Fsp3) is 0.394. The van der Waals surface area contributed by atoms with Crippen LogP contribution in [-0.2, 0) is 4.74 Å². The van der Waals surface area contributed by atoms with Gasteiger partial charge in [0.25, 0.3) is 0 Å². The van der Waals surface area contributed by atoms with E-state index in [2.05, 4.69) is 38.7 Å². The van der Waals surface area contributed by atoms with Gasteiger partial charge in [-0.3, -0.25) is 9.88 Å². The van der Waals surface area contributed by atoms with Crippen LogP contribution in [0.15, 0.2) is 30.5 Å². The van der Waals surface area contributed by atoms with Crippen molar-refractivity contribution < 1.29 is 13.5 Å². The van der Waals surface area contributed by atoms with E-state index in [0.717, 1.165) is 38.8 Å². The molecule has 10 heteroatoms. The van der Waals surface area contributed by atoms with Crippen molar-refractivity contribution in [2.75, 3.05) is 43.0 Å². The summed E-state index contributed by atoms with van der Waals surface area (Å²) < 4.78 is 37.8. The molecule has 4 aliphatic rings. The first-order valence-corrected chi connectivity index (χ1v) is 14.8. The zero-order valence-corrected chi connectivity index (χ0v) is 23.7. The molecule has 0 N–H and O–H groups in total. The summed E-state index contributed by atoms with van der Waals surface area (Å²) >= 11 is 0. The smallest absolute Gasteiger partial charge is 0.228 e. The number of terminal acetylenes is 1. The Morgan fingerprint density at radius 3 is 2.42 bits per heavy atom. The second kappa shape index (κ2) is 9.84. The van der Waals surface area contributed by atoms with Crippen LogP contribution in [0.2, 0.25) is 0 Å². The van der Waals surface area contributed by atoms with E-state index in [9.17, 15) is 9.65 Å². The quantitative estimate of drug-likeness (QED) is 0.326. The Morgan fingerprint density at radius 1 is 0.977 bits per heavy atom. The number of hydrogen-bond acceptors (Lipinski definition) is 8. The summed E-state index contributed by atoms with van der Waals surface area (Å²) in [6, 6.07) is 8.86. The van der Waals surface area contributed by atoms with Crippen LogP contribution in [0, 0.1) is 35.3 Å². The number of nitriles is 1. The highest BCUT2D eigenvalue weighted by molar-refractivity contribution is 6.03. The van der Waals surface area contributed by atoms with Gasteiger partial charge >= 0.3 is 0 Å². The average Bonchev–Trinajstić information content (AvgIpc) is 3.44. The molecular weight excluding hydrogens is 548 g/mol. The number of hydrogen-bond donors (Lipinski definition) is 0. The van der Waals surface area contributed by atoms with Crippen LogP contribution in [-0.4, -0.2) is 77.4 Å². The zero-order valence-electron chi connectivity index (χ0n) is 23.7. The first kappa shape index (κ1) is 26.3. The van der Waals surface area contributed by atoms with E-state index in [1.54, 1.807) is 18.3 Å². The molecule has 4 bridgehead atoms. The average molecular weight is 578 g/mol. The Balaban J connectivity index is 1.35. The van der Waals surface area contributed by atoms with E-state index in [4.69, 9.17) is 21.1 Å². The van der Waals surface area contributed by atoms with Crippen molar-refractivity contribution in [2.45, 2.75) is 50.0 Å². The summed E-state index contributed by atoms with van der Waals surface area (Å²) in [4.78, 5) is 21.3. The van der Waals surface area contributed by atoms with E-state index >= 15 is 4.39 Å². The van der Waals surface area contributed by atoms with E-state index in [1.807, 2.05) is 0 Å². The topological polar surface area (TPSA) is 81.4 Å². The minimum Gasteiger partial charge on any atom is -0.371 e. The lowest BCUT2D eigenvalue weighted by molar-refractivity contribution is 0.0303. The van der Waals surface area contributed by atoms with Crippen LogP contribution in [0.3, 0.4) is 0 Å². The van der Waals surface area contributed by atoms with Crippen molar-refractivity contribution in [3.63, 3.8) is 0 Å². The number of piperazine rings is 1. The number of benzene rings is 2. The third kappa shape index (κ3) is 4.12. The van der Waals surface area contributed by atoms with E-state index in [0.29, 0.717) is 58.7 Å². The van der Waals surface area contributed by atoms with E-state index < -0.39 is 11.6 Å². The number of aromatic nitrogens is 3. The number of nitrogens with zero attached hydrogens (tertiary/aromatic N) is 7. The minimum absolute atomic E-state index is 0.000874. The highest BCUT2D eigenvalue weighted by Crippen LogP contribution is 2.39. The molecule has 0 radical (unpaired) electrons. The van der Waals surface area contributed by atoms with Crippen molar-refractivity contribution in [2.24, 2.45) is 0 Å². The Morgan fingerprint density at radius 2 is 1.72 bits per heavy atom. The van der Waals surface area contributed by atoms with Crippen LogP contribution in [0.4, 0.5) is 20.5 Å². The number of morpholine rings is 1. The molecule has 0 aliphatic carbocycles. The fourth-order valence-electron chi connectivity index (χ4n) is 7.50. The van der Waals surface area contributed by atoms with E-state index in [1.165, 1.54) is 12.1 Å². The van der Waals surface area contributed by atoms with Crippen LogP contribution < -0.4 is 9.80 Å². The van der Waals surface area contributed by atoms with Gasteiger partial charge in [-0.05, 0) is 56.3 Å². The van der Waals surface area contributed by atoms with Gasteiger partial charge < -0.3 is 14.5 Å². The summed E-state index contributed by atoms with van der Waals surface area (Å²) in [5.41, 5.74) is 0.653. The van der Waals surface area contributed by atoms with Gasteiger partial charge in [-0.25, -0.2) is 13.8 Å². The van der Waals surface area contributed by atoms with Gasteiger partial charge in [0.05, 0.1) is 34.8 Å². The number of fused-ring (bicyclic) bond motifs is 6.